The predicted octanol–water partition coefficient (Wildman–Crippen LogP) is 6.36. The van der Waals surface area contributed by atoms with Crippen molar-refractivity contribution in [2.75, 3.05) is 6.61 Å². The normalized spacial score (nSPS) is 12.8. The molecule has 1 atom stereocenters. The zero-order valence-corrected chi connectivity index (χ0v) is 14.6. The van der Waals surface area contributed by atoms with Crippen LogP contribution in [0.25, 0.3) is 11.3 Å². The van der Waals surface area contributed by atoms with Gasteiger partial charge in [-0.15, -0.1) is 0 Å². The fourth-order valence-corrected chi connectivity index (χ4v) is 2.57. The van der Waals surface area contributed by atoms with Crippen LogP contribution in [0.1, 0.15) is 45.1 Å². The number of pyridine rings is 1. The van der Waals surface area contributed by atoms with Crippen LogP contribution in [-0.2, 0) is 6.18 Å². The fraction of sp³-hybridized carbons (Fsp3) is 0.450. The third-order valence-electron chi connectivity index (χ3n) is 4.27. The summed E-state index contributed by atoms with van der Waals surface area (Å²) in [6.45, 7) is 5.04. The molecule has 25 heavy (non-hydrogen) atoms. The van der Waals surface area contributed by atoms with E-state index in [-0.39, 0.29) is 0 Å². The zero-order chi connectivity index (χ0) is 18.3. The average molecular weight is 351 g/mol. The summed E-state index contributed by atoms with van der Waals surface area (Å²) >= 11 is 0. The van der Waals surface area contributed by atoms with Gasteiger partial charge in [-0.3, -0.25) is 4.98 Å². The maximum Gasteiger partial charge on any atom is 0.417 e. The Bertz CT molecular complexity index is 635. The maximum atomic E-state index is 12.6. The summed E-state index contributed by atoms with van der Waals surface area (Å²) in [4.78, 5) is 3.91. The van der Waals surface area contributed by atoms with Gasteiger partial charge < -0.3 is 4.74 Å². The van der Waals surface area contributed by atoms with Gasteiger partial charge in [0.05, 0.1) is 17.9 Å². The summed E-state index contributed by atoms with van der Waals surface area (Å²) in [7, 11) is 0. The van der Waals surface area contributed by atoms with Crippen molar-refractivity contribution in [1.82, 2.24) is 4.98 Å². The highest BCUT2D eigenvalue weighted by Gasteiger charge is 2.30. The fourth-order valence-electron chi connectivity index (χ4n) is 2.57. The Morgan fingerprint density at radius 3 is 2.28 bits per heavy atom. The molecule has 0 fully saturated rings. The van der Waals surface area contributed by atoms with Crippen molar-refractivity contribution in [3.8, 4) is 17.0 Å². The van der Waals surface area contributed by atoms with Gasteiger partial charge in [0.15, 0.2) is 0 Å². The molecule has 0 saturated carbocycles. The lowest BCUT2D eigenvalue weighted by Gasteiger charge is -2.15. The van der Waals surface area contributed by atoms with Crippen molar-refractivity contribution in [3.05, 3.63) is 48.2 Å². The van der Waals surface area contributed by atoms with Crippen LogP contribution in [0.3, 0.4) is 0 Å². The molecule has 1 heterocycles. The highest BCUT2D eigenvalue weighted by molar-refractivity contribution is 5.60. The molecule has 5 heteroatoms. The molecule has 0 aliphatic carbocycles. The highest BCUT2D eigenvalue weighted by atomic mass is 19.4. The van der Waals surface area contributed by atoms with Crippen molar-refractivity contribution in [2.24, 2.45) is 5.92 Å². The first-order valence-electron chi connectivity index (χ1n) is 8.70. The number of aromatic nitrogens is 1. The van der Waals surface area contributed by atoms with E-state index < -0.39 is 11.7 Å². The van der Waals surface area contributed by atoms with Crippen LogP contribution in [0.5, 0.6) is 5.75 Å². The Balaban J connectivity index is 1.97. The van der Waals surface area contributed by atoms with Crippen molar-refractivity contribution in [1.29, 1.82) is 0 Å². The van der Waals surface area contributed by atoms with Gasteiger partial charge in [-0.1, -0.05) is 33.1 Å². The second kappa shape index (κ2) is 8.88. The minimum atomic E-state index is -4.36. The monoisotopic (exact) mass is 351 g/mol. The second-order valence-corrected chi connectivity index (χ2v) is 6.18. The van der Waals surface area contributed by atoms with Crippen molar-refractivity contribution < 1.29 is 17.9 Å². The van der Waals surface area contributed by atoms with E-state index in [2.05, 4.69) is 18.8 Å². The van der Waals surface area contributed by atoms with Gasteiger partial charge in [0.1, 0.15) is 5.75 Å². The number of nitrogens with zero attached hydrogens (tertiary/aromatic N) is 1. The Hall–Kier alpha value is -2.04. The first-order valence-corrected chi connectivity index (χ1v) is 8.70. The van der Waals surface area contributed by atoms with Crippen molar-refractivity contribution in [3.63, 3.8) is 0 Å². The van der Waals surface area contributed by atoms with E-state index in [1.165, 1.54) is 25.3 Å². The number of hydrogen-bond acceptors (Lipinski definition) is 2. The summed E-state index contributed by atoms with van der Waals surface area (Å²) < 4.78 is 43.6. The van der Waals surface area contributed by atoms with Gasteiger partial charge in [-0.05, 0) is 48.7 Å². The van der Waals surface area contributed by atoms with E-state index in [9.17, 15) is 13.2 Å². The molecule has 2 aromatic rings. The number of hydrogen-bond donors (Lipinski definition) is 0. The quantitative estimate of drug-likeness (QED) is 0.552. The van der Waals surface area contributed by atoms with Crippen LogP contribution in [0.15, 0.2) is 42.6 Å². The standard InChI is InChI=1S/C20H24F3NO/c1-3-5-6-15(4-2)14-25-18-10-7-16(8-11-18)19-12-9-17(13-24-19)20(21,22)23/h7-13,15H,3-6,14H2,1-2H3. The SMILES string of the molecule is CCCCC(CC)COc1ccc(-c2ccc(C(F)(F)F)cn2)cc1. The molecule has 1 unspecified atom stereocenters. The Kier molecular flexibility index (Phi) is 6.85. The molecule has 0 saturated heterocycles. The highest BCUT2D eigenvalue weighted by Crippen LogP contribution is 2.30. The Morgan fingerprint density at radius 2 is 1.76 bits per heavy atom. The molecule has 2 rings (SSSR count). The molecule has 0 radical (unpaired) electrons. The van der Waals surface area contributed by atoms with Crippen LogP contribution >= 0.6 is 0 Å². The molecule has 0 bridgehead atoms. The van der Waals surface area contributed by atoms with Crippen molar-refractivity contribution in [2.45, 2.75) is 45.7 Å². The summed E-state index contributed by atoms with van der Waals surface area (Å²) in [5.41, 5.74) is 0.530. The topological polar surface area (TPSA) is 22.1 Å². The molecule has 0 N–H and O–H groups in total. The Labute approximate surface area is 147 Å². The molecule has 0 aliphatic rings. The van der Waals surface area contributed by atoms with Gasteiger partial charge in [0, 0.05) is 11.8 Å². The molecule has 0 spiro atoms. The van der Waals surface area contributed by atoms with Gasteiger partial charge in [-0.25, -0.2) is 0 Å². The summed E-state index contributed by atoms with van der Waals surface area (Å²) in [6.07, 6.45) is 1.15. The third-order valence-corrected chi connectivity index (χ3v) is 4.27. The first kappa shape index (κ1) is 19.3. The van der Waals surface area contributed by atoms with Crippen LogP contribution in [-0.4, -0.2) is 11.6 Å². The number of ether oxygens (including phenoxy) is 1. The van der Waals surface area contributed by atoms with E-state index in [1.54, 1.807) is 0 Å². The summed E-state index contributed by atoms with van der Waals surface area (Å²) in [5, 5.41) is 0. The van der Waals surface area contributed by atoms with Gasteiger partial charge >= 0.3 is 6.18 Å². The number of benzene rings is 1. The van der Waals surface area contributed by atoms with E-state index in [1.807, 2.05) is 24.3 Å². The average Bonchev–Trinajstić information content (AvgIpc) is 2.62. The van der Waals surface area contributed by atoms with Crippen LogP contribution in [0.4, 0.5) is 13.2 Å². The smallest absolute Gasteiger partial charge is 0.417 e. The molecular formula is C20H24F3NO. The molecular weight excluding hydrogens is 327 g/mol. The molecule has 0 amide bonds. The molecule has 136 valence electrons. The first-order chi connectivity index (χ1) is 11.9. The summed E-state index contributed by atoms with van der Waals surface area (Å²) in [6, 6.07) is 9.74. The number of halogens is 3. The molecule has 1 aromatic carbocycles. The summed E-state index contributed by atoms with van der Waals surface area (Å²) in [5.74, 6) is 1.32. The van der Waals surface area contributed by atoms with Gasteiger partial charge in [0.25, 0.3) is 0 Å². The lowest BCUT2D eigenvalue weighted by atomic mass is 10.0. The minimum Gasteiger partial charge on any atom is -0.493 e. The number of alkyl halides is 3. The molecule has 0 aliphatic heterocycles. The third kappa shape index (κ3) is 5.76. The van der Waals surface area contributed by atoms with E-state index in [4.69, 9.17) is 4.74 Å². The lowest BCUT2D eigenvalue weighted by molar-refractivity contribution is -0.137. The zero-order valence-electron chi connectivity index (χ0n) is 14.6. The van der Waals surface area contributed by atoms with Crippen LogP contribution in [0.2, 0.25) is 0 Å². The molecule has 2 nitrogen and oxygen atoms in total. The predicted molar refractivity (Wildman–Crippen MR) is 93.5 cm³/mol. The molecule has 1 aromatic heterocycles. The lowest BCUT2D eigenvalue weighted by Crippen LogP contribution is -2.11. The van der Waals surface area contributed by atoms with E-state index in [0.29, 0.717) is 18.2 Å². The largest absolute Gasteiger partial charge is 0.493 e. The maximum absolute atomic E-state index is 12.6. The van der Waals surface area contributed by atoms with Gasteiger partial charge in [0.2, 0.25) is 0 Å². The van der Waals surface area contributed by atoms with E-state index in [0.717, 1.165) is 30.0 Å². The van der Waals surface area contributed by atoms with Crippen LogP contribution < -0.4 is 4.74 Å². The van der Waals surface area contributed by atoms with E-state index >= 15 is 0 Å². The van der Waals surface area contributed by atoms with Crippen molar-refractivity contribution >= 4 is 0 Å². The second-order valence-electron chi connectivity index (χ2n) is 6.18. The van der Waals surface area contributed by atoms with Gasteiger partial charge in [-0.2, -0.15) is 13.2 Å². The Morgan fingerprint density at radius 1 is 1.04 bits per heavy atom. The van der Waals surface area contributed by atoms with Crippen LogP contribution in [0, 0.1) is 5.92 Å². The number of rotatable bonds is 8. The minimum absolute atomic E-state index is 0.508. The number of unbranched alkanes of at least 4 members (excludes halogenated alkanes) is 1.